The van der Waals surface area contributed by atoms with Crippen molar-refractivity contribution < 1.29 is 4.74 Å². The smallest absolute Gasteiger partial charge is 0.190 e. The number of nitrogens with one attached hydrogen (secondary N) is 2. The molecule has 0 unspecified atom stereocenters. The van der Waals surface area contributed by atoms with E-state index in [0.29, 0.717) is 0 Å². The zero-order chi connectivity index (χ0) is 18.1. The zero-order valence-electron chi connectivity index (χ0n) is 15.7. The lowest BCUT2D eigenvalue weighted by atomic mass is 10.1. The molecule has 1 aromatic heterocycles. The summed E-state index contributed by atoms with van der Waals surface area (Å²) in [5, 5.41) is 11.0. The molecule has 0 saturated carbocycles. The van der Waals surface area contributed by atoms with Gasteiger partial charge in [0.2, 0.25) is 0 Å². The Bertz CT molecular complexity index is 693. The van der Waals surface area contributed by atoms with Crippen molar-refractivity contribution in [1.29, 1.82) is 0 Å². The molecule has 6 nitrogen and oxygen atoms in total. The molecule has 2 N–H and O–H groups in total. The third-order valence-corrected chi connectivity index (χ3v) is 4.02. The fraction of sp³-hybridized carbons (Fsp3) is 0.474. The van der Waals surface area contributed by atoms with Crippen LogP contribution in [0.2, 0.25) is 0 Å². The summed E-state index contributed by atoms with van der Waals surface area (Å²) >= 11 is 0. The van der Waals surface area contributed by atoms with Crippen LogP contribution in [0.25, 0.3) is 0 Å². The maximum absolute atomic E-state index is 5.37. The zero-order valence-corrected chi connectivity index (χ0v) is 15.7. The van der Waals surface area contributed by atoms with Gasteiger partial charge in [-0.25, -0.2) is 0 Å². The highest BCUT2D eigenvalue weighted by Gasteiger charge is 2.02. The number of methoxy groups -OCH3 is 1. The minimum atomic E-state index is 0.824. The summed E-state index contributed by atoms with van der Waals surface area (Å²) in [6, 6.07) is 6.33. The normalized spacial score (nSPS) is 11.4. The molecule has 0 saturated heterocycles. The number of nitrogens with zero attached hydrogens (tertiary/aromatic N) is 3. The first-order valence-corrected chi connectivity index (χ1v) is 8.69. The molecular formula is C19H29N5O. The van der Waals surface area contributed by atoms with Crippen LogP contribution >= 0.6 is 0 Å². The summed E-state index contributed by atoms with van der Waals surface area (Å²) in [7, 11) is 3.50. The van der Waals surface area contributed by atoms with Gasteiger partial charge < -0.3 is 15.4 Å². The summed E-state index contributed by atoms with van der Waals surface area (Å²) in [4.78, 5) is 4.26. The van der Waals surface area contributed by atoms with E-state index in [1.54, 1.807) is 14.2 Å². The maximum atomic E-state index is 5.37. The second-order valence-corrected chi connectivity index (χ2v) is 6.11. The van der Waals surface area contributed by atoms with Crippen LogP contribution in [0.3, 0.4) is 0 Å². The van der Waals surface area contributed by atoms with E-state index in [-0.39, 0.29) is 0 Å². The largest absolute Gasteiger partial charge is 0.496 e. The van der Waals surface area contributed by atoms with Crippen LogP contribution in [-0.4, -0.2) is 43.0 Å². The minimum Gasteiger partial charge on any atom is -0.496 e. The molecular weight excluding hydrogens is 314 g/mol. The molecule has 25 heavy (non-hydrogen) atoms. The van der Waals surface area contributed by atoms with Gasteiger partial charge in [-0.3, -0.25) is 9.67 Å². The lowest BCUT2D eigenvalue weighted by Gasteiger charge is -2.12. The van der Waals surface area contributed by atoms with Gasteiger partial charge >= 0.3 is 0 Å². The predicted molar refractivity (Wildman–Crippen MR) is 102 cm³/mol. The average molecular weight is 343 g/mol. The van der Waals surface area contributed by atoms with Gasteiger partial charge in [0, 0.05) is 32.9 Å². The van der Waals surface area contributed by atoms with Gasteiger partial charge in [0.1, 0.15) is 5.75 Å². The molecule has 0 bridgehead atoms. The molecule has 2 rings (SSSR count). The quantitative estimate of drug-likeness (QED) is 0.439. The van der Waals surface area contributed by atoms with E-state index >= 15 is 0 Å². The Morgan fingerprint density at radius 2 is 2.04 bits per heavy atom. The van der Waals surface area contributed by atoms with Gasteiger partial charge in [-0.05, 0) is 49.4 Å². The number of aryl methyl sites for hydroxylation is 3. The summed E-state index contributed by atoms with van der Waals surface area (Å²) in [6.07, 6.45) is 5.86. The second-order valence-electron chi connectivity index (χ2n) is 6.11. The van der Waals surface area contributed by atoms with Crippen LogP contribution in [0.1, 0.15) is 23.1 Å². The number of hydrogen-bond donors (Lipinski definition) is 2. The van der Waals surface area contributed by atoms with E-state index in [1.807, 2.05) is 10.9 Å². The molecule has 0 aliphatic heterocycles. The van der Waals surface area contributed by atoms with Crippen molar-refractivity contribution in [3.8, 4) is 5.75 Å². The van der Waals surface area contributed by atoms with Gasteiger partial charge in [-0.2, -0.15) is 5.10 Å². The summed E-state index contributed by atoms with van der Waals surface area (Å²) in [5.41, 5.74) is 3.60. The summed E-state index contributed by atoms with van der Waals surface area (Å²) < 4.78 is 7.34. The highest BCUT2D eigenvalue weighted by Crippen LogP contribution is 2.18. The Hall–Kier alpha value is -2.50. The van der Waals surface area contributed by atoms with Gasteiger partial charge in [0.05, 0.1) is 13.3 Å². The van der Waals surface area contributed by atoms with Crippen molar-refractivity contribution in [1.82, 2.24) is 20.4 Å². The third kappa shape index (κ3) is 6.14. The first-order valence-electron chi connectivity index (χ1n) is 8.69. The van der Waals surface area contributed by atoms with E-state index in [0.717, 1.165) is 49.7 Å². The number of ether oxygens (including phenoxy) is 1. The van der Waals surface area contributed by atoms with Gasteiger partial charge in [0.25, 0.3) is 0 Å². The summed E-state index contributed by atoms with van der Waals surface area (Å²) in [5.74, 6) is 1.77. The molecule has 0 amide bonds. The molecule has 0 fully saturated rings. The molecule has 136 valence electrons. The topological polar surface area (TPSA) is 63.5 Å². The van der Waals surface area contributed by atoms with Crippen LogP contribution in [0.5, 0.6) is 5.75 Å². The first-order chi connectivity index (χ1) is 12.1. The van der Waals surface area contributed by atoms with Gasteiger partial charge in [-0.1, -0.05) is 12.1 Å². The van der Waals surface area contributed by atoms with E-state index in [2.05, 4.69) is 59.0 Å². The molecule has 6 heteroatoms. The van der Waals surface area contributed by atoms with Gasteiger partial charge in [-0.15, -0.1) is 0 Å². The predicted octanol–water partition coefficient (Wildman–Crippen LogP) is 2.31. The van der Waals surface area contributed by atoms with Crippen LogP contribution in [0.4, 0.5) is 0 Å². The van der Waals surface area contributed by atoms with Crippen molar-refractivity contribution in [2.75, 3.05) is 27.2 Å². The van der Waals surface area contributed by atoms with Gasteiger partial charge in [0.15, 0.2) is 5.96 Å². The Morgan fingerprint density at radius 3 is 2.72 bits per heavy atom. The lowest BCUT2D eigenvalue weighted by Crippen LogP contribution is -2.39. The molecule has 0 radical (unpaired) electrons. The number of benzene rings is 1. The van der Waals surface area contributed by atoms with E-state index < -0.39 is 0 Å². The Balaban J connectivity index is 1.68. The summed E-state index contributed by atoms with van der Waals surface area (Å²) in [6.45, 7) is 6.69. The number of hydrogen-bond acceptors (Lipinski definition) is 3. The second kappa shape index (κ2) is 9.71. The van der Waals surface area contributed by atoms with E-state index in [9.17, 15) is 0 Å². The highest BCUT2D eigenvalue weighted by atomic mass is 16.5. The molecule has 1 aromatic carbocycles. The average Bonchev–Trinajstić information content (AvgIpc) is 3.03. The Morgan fingerprint density at radius 1 is 1.24 bits per heavy atom. The van der Waals surface area contributed by atoms with Crippen molar-refractivity contribution in [3.05, 3.63) is 47.3 Å². The highest BCUT2D eigenvalue weighted by molar-refractivity contribution is 5.79. The van der Waals surface area contributed by atoms with Crippen LogP contribution < -0.4 is 15.4 Å². The first kappa shape index (κ1) is 18.8. The van der Waals surface area contributed by atoms with Crippen molar-refractivity contribution in [2.24, 2.45) is 4.99 Å². The fourth-order valence-corrected chi connectivity index (χ4v) is 2.60. The van der Waals surface area contributed by atoms with Crippen LogP contribution in [0.15, 0.2) is 35.6 Å². The van der Waals surface area contributed by atoms with E-state index in [4.69, 9.17) is 4.74 Å². The van der Waals surface area contributed by atoms with Crippen molar-refractivity contribution in [2.45, 2.75) is 33.2 Å². The molecule has 2 aromatic rings. The molecule has 0 aliphatic carbocycles. The number of aliphatic imine (C=N–C) groups is 1. The molecule has 0 aliphatic rings. The molecule has 1 heterocycles. The SMILES string of the molecule is CN=C(NCCCn1cc(C)cn1)NCCc1ccc(C)c(OC)c1. The Labute approximate surface area is 150 Å². The van der Waals surface area contributed by atoms with Crippen LogP contribution in [-0.2, 0) is 13.0 Å². The van der Waals surface area contributed by atoms with Crippen LogP contribution in [0, 0.1) is 13.8 Å². The monoisotopic (exact) mass is 343 g/mol. The number of guanidine groups is 1. The standard InChI is InChI=1S/C19H29N5O/c1-15-13-23-24(14-15)11-5-9-21-19(20-3)22-10-8-17-7-6-16(2)18(12-17)25-4/h6-7,12-14H,5,8-11H2,1-4H3,(H2,20,21,22). The molecule has 0 atom stereocenters. The lowest BCUT2D eigenvalue weighted by molar-refractivity contribution is 0.411. The van der Waals surface area contributed by atoms with E-state index in [1.165, 1.54) is 11.1 Å². The third-order valence-electron chi connectivity index (χ3n) is 4.02. The fourth-order valence-electron chi connectivity index (χ4n) is 2.60. The Kier molecular flexibility index (Phi) is 7.32. The number of aromatic nitrogens is 2. The molecule has 0 spiro atoms. The number of rotatable bonds is 8. The van der Waals surface area contributed by atoms with Crippen molar-refractivity contribution in [3.63, 3.8) is 0 Å². The minimum absolute atomic E-state index is 0.824. The van der Waals surface area contributed by atoms with Crippen molar-refractivity contribution >= 4 is 5.96 Å². The maximum Gasteiger partial charge on any atom is 0.190 e.